The van der Waals surface area contributed by atoms with Crippen molar-refractivity contribution < 1.29 is 38.6 Å². The highest BCUT2D eigenvalue weighted by atomic mass is 16.6. The van der Waals surface area contributed by atoms with Gasteiger partial charge in [-0.3, -0.25) is 19.8 Å². The third-order valence-electron chi connectivity index (χ3n) is 5.24. The van der Waals surface area contributed by atoms with Crippen LogP contribution in [0.4, 0.5) is 4.79 Å². The van der Waals surface area contributed by atoms with Crippen LogP contribution in [0.1, 0.15) is 44.2 Å². The molecule has 0 heterocycles. The minimum absolute atomic E-state index is 0.00713. The van der Waals surface area contributed by atoms with E-state index in [2.05, 4.69) is 0 Å². The van der Waals surface area contributed by atoms with Gasteiger partial charge in [0.25, 0.3) is 5.91 Å². The number of fused-ring (bicyclic) bond motifs is 3. The maximum atomic E-state index is 12.5. The van der Waals surface area contributed by atoms with E-state index >= 15 is 0 Å². The average Bonchev–Trinajstić information content (AvgIpc) is 3.13. The Balaban J connectivity index is 1.59. The molecular weight excluding hydrogens is 470 g/mol. The maximum absolute atomic E-state index is 12.5. The molecule has 2 aromatic rings. The number of nitrogens with one attached hydrogen (secondary N) is 3. The van der Waals surface area contributed by atoms with Gasteiger partial charge in [0.15, 0.2) is 0 Å². The van der Waals surface area contributed by atoms with Crippen molar-refractivity contribution in [2.45, 2.75) is 44.8 Å². The Hall–Kier alpha value is -4.41. The normalized spacial score (nSPS) is 13.0. The number of carboxylic acid groups (broad SMARTS) is 1. The molecule has 1 atom stereocenters. The van der Waals surface area contributed by atoms with E-state index in [0.717, 1.165) is 22.3 Å². The van der Waals surface area contributed by atoms with E-state index in [9.17, 15) is 24.0 Å². The Kier molecular flexibility index (Phi) is 7.93. The van der Waals surface area contributed by atoms with Gasteiger partial charge in [0.2, 0.25) is 0 Å². The molecule has 0 spiro atoms. The summed E-state index contributed by atoms with van der Waals surface area (Å²) in [6, 6.07) is 13.9. The van der Waals surface area contributed by atoms with Crippen LogP contribution >= 0.6 is 0 Å². The van der Waals surface area contributed by atoms with Crippen LogP contribution in [0.25, 0.3) is 11.1 Å². The number of hydrogen-bond donors (Lipinski definition) is 4. The van der Waals surface area contributed by atoms with E-state index < -0.39 is 47.9 Å². The lowest BCUT2D eigenvalue weighted by Crippen LogP contribution is -2.54. The standard InChI is InChI=1S/C25H27N3O8/c1-25(2,3)36-20(29)12-19(26-22(31)23(32)33)21(30)27-28-24(34)35-13-18-16-10-6-4-8-14(16)15-9-5-7-11-17(15)18/h4-11,18-19H,12-13H2,1-3H3,(H,26,31)(H,27,30)(H,28,34)(H,32,33)/t19-/m1/s1. The number of amides is 3. The van der Waals surface area contributed by atoms with Crippen LogP contribution in [0.5, 0.6) is 0 Å². The average molecular weight is 498 g/mol. The van der Waals surface area contributed by atoms with E-state index in [-0.39, 0.29) is 12.5 Å². The molecule has 0 radical (unpaired) electrons. The monoisotopic (exact) mass is 497 g/mol. The Bertz CT molecular complexity index is 1140. The number of carbonyl (C=O) groups is 5. The lowest BCUT2D eigenvalue weighted by molar-refractivity contribution is -0.157. The van der Waals surface area contributed by atoms with Crippen molar-refractivity contribution in [3.8, 4) is 11.1 Å². The van der Waals surface area contributed by atoms with E-state index in [1.807, 2.05) is 64.7 Å². The fraction of sp³-hybridized carbons (Fsp3) is 0.320. The van der Waals surface area contributed by atoms with Gasteiger partial charge in [-0.05, 0) is 43.0 Å². The van der Waals surface area contributed by atoms with Gasteiger partial charge in [0.1, 0.15) is 18.2 Å². The van der Waals surface area contributed by atoms with Crippen molar-refractivity contribution in [2.24, 2.45) is 0 Å². The molecule has 0 unspecified atom stereocenters. The maximum Gasteiger partial charge on any atom is 0.426 e. The molecule has 11 heteroatoms. The number of carbonyl (C=O) groups excluding carboxylic acids is 4. The van der Waals surface area contributed by atoms with Gasteiger partial charge in [0.05, 0.1) is 6.42 Å². The third kappa shape index (κ3) is 6.59. The molecule has 0 saturated carbocycles. The largest absolute Gasteiger partial charge is 0.474 e. The fourth-order valence-electron chi connectivity index (χ4n) is 3.81. The summed E-state index contributed by atoms with van der Waals surface area (Å²) in [6.07, 6.45) is -1.64. The Labute approximate surface area is 207 Å². The topological polar surface area (TPSA) is 160 Å². The van der Waals surface area contributed by atoms with Crippen LogP contribution in [0, 0.1) is 0 Å². The lowest BCUT2D eigenvalue weighted by Gasteiger charge is -2.22. The highest BCUT2D eigenvalue weighted by molar-refractivity contribution is 6.32. The van der Waals surface area contributed by atoms with Crippen molar-refractivity contribution in [3.63, 3.8) is 0 Å². The summed E-state index contributed by atoms with van der Waals surface area (Å²) in [4.78, 5) is 59.3. The zero-order valence-corrected chi connectivity index (χ0v) is 20.0. The molecule has 0 aromatic heterocycles. The number of hydrazine groups is 1. The fourth-order valence-corrected chi connectivity index (χ4v) is 3.81. The van der Waals surface area contributed by atoms with Gasteiger partial charge in [-0.25, -0.2) is 15.0 Å². The van der Waals surface area contributed by atoms with E-state index in [1.165, 1.54) is 0 Å². The molecule has 0 fully saturated rings. The Morgan fingerprint density at radius 2 is 1.47 bits per heavy atom. The second-order valence-corrected chi connectivity index (χ2v) is 9.06. The van der Waals surface area contributed by atoms with Crippen molar-refractivity contribution in [1.29, 1.82) is 0 Å². The van der Waals surface area contributed by atoms with Gasteiger partial charge in [-0.2, -0.15) is 0 Å². The van der Waals surface area contributed by atoms with Crippen molar-refractivity contribution in [1.82, 2.24) is 16.2 Å². The van der Waals surface area contributed by atoms with Crippen LogP contribution < -0.4 is 16.2 Å². The summed E-state index contributed by atoms with van der Waals surface area (Å²) in [6.45, 7) is 4.81. The molecule has 3 amide bonds. The Morgan fingerprint density at radius 3 is 2.00 bits per heavy atom. The zero-order valence-electron chi connectivity index (χ0n) is 20.0. The molecule has 4 N–H and O–H groups in total. The molecular formula is C25H27N3O8. The Morgan fingerprint density at radius 1 is 0.917 bits per heavy atom. The number of rotatable bonds is 6. The summed E-state index contributed by atoms with van der Waals surface area (Å²) in [5, 5.41) is 10.7. The molecule has 1 aliphatic rings. The molecule has 0 aliphatic heterocycles. The van der Waals surface area contributed by atoms with Crippen molar-refractivity contribution >= 4 is 29.8 Å². The summed E-state index contributed by atoms with van der Waals surface area (Å²) < 4.78 is 10.4. The van der Waals surface area contributed by atoms with Gasteiger partial charge in [-0.15, -0.1) is 0 Å². The zero-order chi connectivity index (χ0) is 26.5. The summed E-state index contributed by atoms with van der Waals surface area (Å²) >= 11 is 0. The van der Waals surface area contributed by atoms with Crippen LogP contribution in [0.15, 0.2) is 48.5 Å². The number of benzene rings is 2. The first-order valence-corrected chi connectivity index (χ1v) is 11.1. The van der Waals surface area contributed by atoms with E-state index in [4.69, 9.17) is 14.6 Å². The second kappa shape index (κ2) is 10.9. The third-order valence-corrected chi connectivity index (χ3v) is 5.24. The highest BCUT2D eigenvalue weighted by Gasteiger charge is 2.31. The van der Waals surface area contributed by atoms with E-state index in [0.29, 0.717) is 0 Å². The molecule has 0 bridgehead atoms. The van der Waals surface area contributed by atoms with Crippen LogP contribution in [0.2, 0.25) is 0 Å². The molecule has 190 valence electrons. The molecule has 0 saturated heterocycles. The summed E-state index contributed by atoms with van der Waals surface area (Å²) in [7, 11) is 0. The first-order valence-electron chi connectivity index (χ1n) is 11.1. The molecule has 36 heavy (non-hydrogen) atoms. The van der Waals surface area contributed by atoms with Gasteiger partial charge in [0, 0.05) is 5.92 Å². The minimum Gasteiger partial charge on any atom is -0.474 e. The SMILES string of the molecule is CC(C)(C)OC(=O)C[C@@H](NC(=O)C(=O)O)C(=O)NNC(=O)OCC1c2ccccc2-c2ccccc21. The van der Waals surface area contributed by atoms with Crippen molar-refractivity contribution in [2.75, 3.05) is 6.61 Å². The quantitative estimate of drug-likeness (QED) is 0.267. The predicted octanol–water partition coefficient (Wildman–Crippen LogP) is 1.86. The number of ether oxygens (including phenoxy) is 2. The lowest BCUT2D eigenvalue weighted by atomic mass is 9.98. The van der Waals surface area contributed by atoms with Crippen LogP contribution in [-0.2, 0) is 28.7 Å². The van der Waals surface area contributed by atoms with E-state index in [1.54, 1.807) is 20.8 Å². The van der Waals surface area contributed by atoms with Crippen LogP contribution in [-0.4, -0.2) is 53.2 Å². The highest BCUT2D eigenvalue weighted by Crippen LogP contribution is 2.44. The predicted molar refractivity (Wildman–Crippen MR) is 126 cm³/mol. The van der Waals surface area contributed by atoms with Crippen molar-refractivity contribution in [3.05, 3.63) is 59.7 Å². The number of aliphatic carboxylic acids is 1. The summed E-state index contributed by atoms with van der Waals surface area (Å²) in [5.74, 6) is -5.44. The van der Waals surface area contributed by atoms with Gasteiger partial charge >= 0.3 is 23.9 Å². The molecule has 3 rings (SSSR count). The van der Waals surface area contributed by atoms with Gasteiger partial charge < -0.3 is 19.9 Å². The van der Waals surface area contributed by atoms with Gasteiger partial charge in [-0.1, -0.05) is 48.5 Å². The second-order valence-electron chi connectivity index (χ2n) is 9.06. The number of hydrogen-bond acceptors (Lipinski definition) is 7. The number of carboxylic acids is 1. The first kappa shape index (κ1) is 26.2. The molecule has 11 nitrogen and oxygen atoms in total. The van der Waals surface area contributed by atoms with Crippen LogP contribution in [0.3, 0.4) is 0 Å². The smallest absolute Gasteiger partial charge is 0.426 e. The molecule has 1 aliphatic carbocycles. The summed E-state index contributed by atoms with van der Waals surface area (Å²) in [5.41, 5.74) is 7.32. The minimum atomic E-state index is -1.85. The molecule has 2 aromatic carbocycles. The number of esters is 1. The first-order chi connectivity index (χ1) is 17.0.